The Kier molecular flexibility index (Phi) is 5.79. The number of methoxy groups -OCH3 is 2. The van der Waals surface area contributed by atoms with Gasteiger partial charge in [0.1, 0.15) is 6.61 Å². The van der Waals surface area contributed by atoms with Crippen LogP contribution in [0.2, 0.25) is 0 Å². The molecule has 1 aromatic rings. The van der Waals surface area contributed by atoms with Gasteiger partial charge in [0.05, 0.1) is 14.2 Å². The van der Waals surface area contributed by atoms with Gasteiger partial charge in [0.15, 0.2) is 11.5 Å². The predicted octanol–water partition coefficient (Wildman–Crippen LogP) is 0.889. The maximum absolute atomic E-state index is 11.2. The number of benzene rings is 1. The van der Waals surface area contributed by atoms with Gasteiger partial charge in [0, 0.05) is 13.1 Å². The summed E-state index contributed by atoms with van der Waals surface area (Å²) < 4.78 is 15.3. The first-order valence-electron chi connectivity index (χ1n) is 5.53. The molecule has 0 fully saturated rings. The number of ether oxygens (including phenoxy) is 3. The Labute approximate surface area is 106 Å². The van der Waals surface area contributed by atoms with E-state index in [2.05, 4.69) is 5.32 Å². The smallest absolute Gasteiger partial charge is 0.407 e. The quantitative estimate of drug-likeness (QED) is 0.787. The van der Waals surface area contributed by atoms with Crippen molar-refractivity contribution in [1.29, 1.82) is 0 Å². The van der Waals surface area contributed by atoms with Crippen molar-refractivity contribution in [2.24, 2.45) is 5.73 Å². The first-order chi connectivity index (χ1) is 8.71. The van der Waals surface area contributed by atoms with E-state index < -0.39 is 6.09 Å². The lowest BCUT2D eigenvalue weighted by Gasteiger charge is -2.10. The van der Waals surface area contributed by atoms with Gasteiger partial charge in [-0.25, -0.2) is 4.79 Å². The summed E-state index contributed by atoms with van der Waals surface area (Å²) in [6.45, 7) is 0.937. The van der Waals surface area contributed by atoms with E-state index in [1.54, 1.807) is 32.4 Å². The van der Waals surface area contributed by atoms with Gasteiger partial charge in [0.25, 0.3) is 0 Å². The van der Waals surface area contributed by atoms with Crippen LogP contribution >= 0.6 is 0 Å². The van der Waals surface area contributed by atoms with Crippen molar-refractivity contribution in [2.75, 3.05) is 27.3 Å². The number of carbonyl (C=O) groups excluding carboxylic acids is 1. The summed E-state index contributed by atoms with van der Waals surface area (Å²) in [5.41, 5.74) is 6.07. The molecular weight excluding hydrogens is 236 g/mol. The zero-order valence-electron chi connectivity index (χ0n) is 10.6. The predicted molar refractivity (Wildman–Crippen MR) is 66.8 cm³/mol. The molecule has 0 radical (unpaired) electrons. The molecule has 1 amide bonds. The Morgan fingerprint density at radius 2 is 2.00 bits per heavy atom. The lowest BCUT2D eigenvalue weighted by Crippen LogP contribution is -2.29. The lowest BCUT2D eigenvalue weighted by atomic mass is 10.2. The third kappa shape index (κ3) is 4.14. The monoisotopic (exact) mass is 254 g/mol. The molecule has 0 saturated carbocycles. The lowest BCUT2D eigenvalue weighted by molar-refractivity contribution is 0.140. The molecule has 3 N–H and O–H groups in total. The van der Waals surface area contributed by atoms with Crippen LogP contribution in [0.25, 0.3) is 0 Å². The highest BCUT2D eigenvalue weighted by Crippen LogP contribution is 2.27. The molecule has 0 atom stereocenters. The molecule has 0 aromatic heterocycles. The summed E-state index contributed by atoms with van der Waals surface area (Å²) in [6, 6.07) is 5.32. The summed E-state index contributed by atoms with van der Waals surface area (Å²) >= 11 is 0. The van der Waals surface area contributed by atoms with Crippen LogP contribution in [-0.4, -0.2) is 33.4 Å². The number of alkyl carbamates (subject to hydrolysis) is 1. The highest BCUT2D eigenvalue weighted by molar-refractivity contribution is 5.67. The fourth-order valence-electron chi connectivity index (χ4n) is 1.34. The maximum Gasteiger partial charge on any atom is 0.407 e. The van der Waals surface area contributed by atoms with Crippen molar-refractivity contribution in [1.82, 2.24) is 5.32 Å². The van der Waals surface area contributed by atoms with Crippen LogP contribution in [0.4, 0.5) is 4.79 Å². The standard InChI is InChI=1S/C12H18N2O4/c1-16-10-4-3-9(7-11(10)17-2)8-18-12(15)14-6-5-13/h3-4,7H,5-6,8,13H2,1-2H3,(H,14,15). The molecule has 18 heavy (non-hydrogen) atoms. The van der Waals surface area contributed by atoms with Crippen LogP contribution in [0.1, 0.15) is 5.56 Å². The molecule has 0 unspecified atom stereocenters. The Morgan fingerprint density at radius 1 is 1.28 bits per heavy atom. The highest BCUT2D eigenvalue weighted by atomic mass is 16.5. The number of amides is 1. The second-order valence-electron chi connectivity index (χ2n) is 3.48. The first-order valence-corrected chi connectivity index (χ1v) is 5.53. The van der Waals surface area contributed by atoms with Crippen LogP contribution in [0, 0.1) is 0 Å². The van der Waals surface area contributed by atoms with E-state index in [9.17, 15) is 4.79 Å². The average Bonchev–Trinajstić information content (AvgIpc) is 2.42. The zero-order chi connectivity index (χ0) is 13.4. The minimum atomic E-state index is -0.491. The molecule has 0 aliphatic heterocycles. The second-order valence-corrected chi connectivity index (χ2v) is 3.48. The number of rotatable bonds is 6. The van der Waals surface area contributed by atoms with Gasteiger partial charge in [-0.1, -0.05) is 6.07 Å². The zero-order valence-corrected chi connectivity index (χ0v) is 10.6. The molecule has 0 spiro atoms. The highest BCUT2D eigenvalue weighted by Gasteiger charge is 2.06. The molecule has 1 rings (SSSR count). The van der Waals surface area contributed by atoms with Crippen molar-refractivity contribution in [2.45, 2.75) is 6.61 Å². The largest absolute Gasteiger partial charge is 0.493 e. The third-order valence-corrected chi connectivity index (χ3v) is 2.23. The van der Waals surface area contributed by atoms with E-state index in [1.165, 1.54) is 0 Å². The molecule has 0 heterocycles. The molecular formula is C12H18N2O4. The van der Waals surface area contributed by atoms with Crippen LogP contribution in [0.5, 0.6) is 11.5 Å². The Bertz CT molecular complexity index is 396. The number of nitrogens with one attached hydrogen (secondary N) is 1. The van der Waals surface area contributed by atoms with Gasteiger partial charge in [-0.05, 0) is 17.7 Å². The number of carbonyl (C=O) groups is 1. The van der Waals surface area contributed by atoms with Crippen molar-refractivity contribution in [3.63, 3.8) is 0 Å². The van der Waals surface area contributed by atoms with E-state index >= 15 is 0 Å². The van der Waals surface area contributed by atoms with E-state index in [0.29, 0.717) is 24.6 Å². The number of hydrogen-bond acceptors (Lipinski definition) is 5. The van der Waals surface area contributed by atoms with Crippen molar-refractivity contribution in [3.8, 4) is 11.5 Å². The summed E-state index contributed by atoms with van der Waals surface area (Å²) in [5, 5.41) is 2.51. The van der Waals surface area contributed by atoms with Crippen LogP contribution in [0.3, 0.4) is 0 Å². The maximum atomic E-state index is 11.2. The molecule has 6 nitrogen and oxygen atoms in total. The van der Waals surface area contributed by atoms with Gasteiger partial charge in [0.2, 0.25) is 0 Å². The summed E-state index contributed by atoms with van der Waals surface area (Å²) in [5.74, 6) is 1.23. The molecule has 0 aliphatic rings. The minimum absolute atomic E-state index is 0.163. The van der Waals surface area contributed by atoms with Crippen LogP contribution in [0.15, 0.2) is 18.2 Å². The minimum Gasteiger partial charge on any atom is -0.493 e. The second kappa shape index (κ2) is 7.39. The Hall–Kier alpha value is -1.95. The summed E-state index contributed by atoms with van der Waals surface area (Å²) in [6.07, 6.45) is -0.491. The summed E-state index contributed by atoms with van der Waals surface area (Å²) in [7, 11) is 3.12. The van der Waals surface area contributed by atoms with E-state index in [1.807, 2.05) is 0 Å². The van der Waals surface area contributed by atoms with Gasteiger partial charge in [-0.15, -0.1) is 0 Å². The van der Waals surface area contributed by atoms with Crippen molar-refractivity contribution < 1.29 is 19.0 Å². The Morgan fingerprint density at radius 3 is 2.61 bits per heavy atom. The SMILES string of the molecule is COc1ccc(COC(=O)NCCN)cc1OC. The molecule has 0 aliphatic carbocycles. The molecule has 100 valence electrons. The molecule has 0 bridgehead atoms. The van der Waals surface area contributed by atoms with Gasteiger partial charge >= 0.3 is 6.09 Å². The topological polar surface area (TPSA) is 82.8 Å². The van der Waals surface area contributed by atoms with Gasteiger partial charge in [-0.2, -0.15) is 0 Å². The fourth-order valence-corrected chi connectivity index (χ4v) is 1.34. The van der Waals surface area contributed by atoms with Crippen molar-refractivity contribution >= 4 is 6.09 Å². The van der Waals surface area contributed by atoms with Crippen LogP contribution < -0.4 is 20.5 Å². The molecule has 6 heteroatoms. The normalized spacial score (nSPS) is 9.72. The molecule has 1 aromatic carbocycles. The van der Waals surface area contributed by atoms with Crippen LogP contribution in [-0.2, 0) is 11.3 Å². The number of hydrogen-bond donors (Lipinski definition) is 2. The van der Waals surface area contributed by atoms with E-state index in [4.69, 9.17) is 19.9 Å². The van der Waals surface area contributed by atoms with Gasteiger partial charge in [-0.3, -0.25) is 0 Å². The first kappa shape index (κ1) is 14.1. The average molecular weight is 254 g/mol. The number of nitrogens with two attached hydrogens (primary N) is 1. The Balaban J connectivity index is 2.55. The molecule has 0 saturated heterocycles. The third-order valence-electron chi connectivity index (χ3n) is 2.23. The van der Waals surface area contributed by atoms with Crippen molar-refractivity contribution in [3.05, 3.63) is 23.8 Å². The van der Waals surface area contributed by atoms with Gasteiger partial charge < -0.3 is 25.3 Å². The fraction of sp³-hybridized carbons (Fsp3) is 0.417. The summed E-state index contributed by atoms with van der Waals surface area (Å²) in [4.78, 5) is 11.2. The van der Waals surface area contributed by atoms with E-state index in [-0.39, 0.29) is 6.61 Å². The van der Waals surface area contributed by atoms with E-state index in [0.717, 1.165) is 5.56 Å².